The van der Waals surface area contributed by atoms with E-state index >= 15 is 0 Å². The van der Waals surface area contributed by atoms with Crippen LogP contribution in [0.4, 0.5) is 11.4 Å². The van der Waals surface area contributed by atoms with Gasteiger partial charge in [0.05, 0.1) is 25.2 Å². The second kappa shape index (κ2) is 8.65. The van der Waals surface area contributed by atoms with Crippen LogP contribution in [0, 0.1) is 17.0 Å². The van der Waals surface area contributed by atoms with Gasteiger partial charge in [0, 0.05) is 11.8 Å². The number of nitro groups is 1. The molecule has 2 aromatic rings. The van der Waals surface area contributed by atoms with Crippen molar-refractivity contribution in [3.63, 3.8) is 0 Å². The number of anilines is 1. The zero-order valence-corrected chi connectivity index (χ0v) is 15.0. The number of rotatable bonds is 7. The average Bonchev–Trinajstić information content (AvgIpc) is 2.64. The molecule has 0 aromatic heterocycles. The molecule has 2 aromatic carbocycles. The standard InChI is InChI=1S/C18H18N2O7/c1-11-5-4-6-12(7-11)19-17(21)10-27-18(22)13-8-15(25-2)16(26-3)9-14(13)20(23)24/h4-9H,10H2,1-3H3,(H,19,21). The monoisotopic (exact) mass is 374 g/mol. The Kier molecular flexibility index (Phi) is 6.32. The number of hydrogen-bond acceptors (Lipinski definition) is 7. The van der Waals surface area contributed by atoms with Gasteiger partial charge in [-0.05, 0) is 24.6 Å². The fourth-order valence-electron chi connectivity index (χ4n) is 2.31. The van der Waals surface area contributed by atoms with E-state index < -0.39 is 29.1 Å². The van der Waals surface area contributed by atoms with Gasteiger partial charge in [-0.15, -0.1) is 0 Å². The van der Waals surface area contributed by atoms with Crippen molar-refractivity contribution >= 4 is 23.3 Å². The quantitative estimate of drug-likeness (QED) is 0.450. The van der Waals surface area contributed by atoms with Crippen LogP contribution in [-0.4, -0.2) is 37.6 Å². The van der Waals surface area contributed by atoms with E-state index in [4.69, 9.17) is 14.2 Å². The molecule has 9 heteroatoms. The molecule has 0 heterocycles. The summed E-state index contributed by atoms with van der Waals surface area (Å²) in [5, 5.41) is 13.8. The van der Waals surface area contributed by atoms with E-state index in [1.807, 2.05) is 13.0 Å². The maximum absolute atomic E-state index is 12.2. The lowest BCUT2D eigenvalue weighted by Gasteiger charge is -2.11. The molecule has 0 radical (unpaired) electrons. The zero-order chi connectivity index (χ0) is 20.0. The molecule has 1 N–H and O–H groups in total. The molecule has 0 atom stereocenters. The number of aryl methyl sites for hydroxylation is 1. The first kappa shape index (κ1) is 19.7. The number of nitrogens with one attached hydrogen (secondary N) is 1. The molecule has 0 bridgehead atoms. The van der Waals surface area contributed by atoms with Crippen LogP contribution in [-0.2, 0) is 9.53 Å². The maximum Gasteiger partial charge on any atom is 0.345 e. The van der Waals surface area contributed by atoms with Crippen molar-refractivity contribution in [2.45, 2.75) is 6.92 Å². The SMILES string of the molecule is COc1cc(C(=O)OCC(=O)Nc2cccc(C)c2)c([N+](=O)[O-])cc1OC. The summed E-state index contributed by atoms with van der Waals surface area (Å²) in [5.74, 6) is -1.38. The molecule has 0 fully saturated rings. The van der Waals surface area contributed by atoms with Gasteiger partial charge >= 0.3 is 5.97 Å². The van der Waals surface area contributed by atoms with E-state index in [9.17, 15) is 19.7 Å². The first-order valence-electron chi connectivity index (χ1n) is 7.79. The highest BCUT2D eigenvalue weighted by Crippen LogP contribution is 2.34. The predicted octanol–water partition coefficient (Wildman–Crippen LogP) is 2.72. The van der Waals surface area contributed by atoms with Gasteiger partial charge in [-0.3, -0.25) is 14.9 Å². The first-order chi connectivity index (χ1) is 12.8. The van der Waals surface area contributed by atoms with Crippen molar-refractivity contribution in [3.8, 4) is 11.5 Å². The van der Waals surface area contributed by atoms with Crippen molar-refractivity contribution in [1.29, 1.82) is 0 Å². The van der Waals surface area contributed by atoms with Gasteiger partial charge in [-0.2, -0.15) is 0 Å². The van der Waals surface area contributed by atoms with Crippen LogP contribution in [0.5, 0.6) is 11.5 Å². The van der Waals surface area contributed by atoms with Gasteiger partial charge in [-0.1, -0.05) is 12.1 Å². The summed E-state index contributed by atoms with van der Waals surface area (Å²) < 4.78 is 14.9. The van der Waals surface area contributed by atoms with E-state index in [-0.39, 0.29) is 17.1 Å². The van der Waals surface area contributed by atoms with E-state index in [1.54, 1.807) is 18.2 Å². The largest absolute Gasteiger partial charge is 0.493 e. The summed E-state index contributed by atoms with van der Waals surface area (Å²) in [6.07, 6.45) is 0. The van der Waals surface area contributed by atoms with Crippen LogP contribution in [0.25, 0.3) is 0 Å². The third-order valence-electron chi connectivity index (χ3n) is 3.55. The molecule has 0 aliphatic rings. The third kappa shape index (κ3) is 4.94. The number of hydrogen-bond donors (Lipinski definition) is 1. The van der Waals surface area contributed by atoms with Gasteiger partial charge in [0.2, 0.25) is 0 Å². The highest BCUT2D eigenvalue weighted by atomic mass is 16.6. The van der Waals surface area contributed by atoms with Gasteiger partial charge in [0.15, 0.2) is 18.1 Å². The predicted molar refractivity (Wildman–Crippen MR) is 96.3 cm³/mol. The number of carbonyl (C=O) groups excluding carboxylic acids is 2. The molecule has 0 spiro atoms. The molecular weight excluding hydrogens is 356 g/mol. The van der Waals surface area contributed by atoms with Gasteiger partial charge in [0.1, 0.15) is 5.56 Å². The second-order valence-electron chi connectivity index (χ2n) is 5.48. The molecule has 1 amide bonds. The lowest BCUT2D eigenvalue weighted by atomic mass is 10.1. The topological polar surface area (TPSA) is 117 Å². The molecule has 9 nitrogen and oxygen atoms in total. The van der Waals surface area contributed by atoms with E-state index in [2.05, 4.69) is 5.32 Å². The van der Waals surface area contributed by atoms with Gasteiger partial charge in [-0.25, -0.2) is 4.79 Å². The molecule has 0 unspecified atom stereocenters. The maximum atomic E-state index is 12.2. The summed E-state index contributed by atoms with van der Waals surface area (Å²) in [5.41, 5.74) is 0.636. The molecule has 0 aliphatic carbocycles. The van der Waals surface area contributed by atoms with Crippen LogP contribution in [0.2, 0.25) is 0 Å². The number of carbonyl (C=O) groups is 2. The number of ether oxygens (including phenoxy) is 3. The lowest BCUT2D eigenvalue weighted by molar-refractivity contribution is -0.385. The summed E-state index contributed by atoms with van der Waals surface area (Å²) in [6.45, 7) is 1.27. The minimum absolute atomic E-state index is 0.0953. The Balaban J connectivity index is 2.12. The van der Waals surface area contributed by atoms with Gasteiger partial charge < -0.3 is 19.5 Å². The smallest absolute Gasteiger partial charge is 0.345 e. The number of benzene rings is 2. The van der Waals surface area contributed by atoms with Crippen LogP contribution in [0.1, 0.15) is 15.9 Å². The van der Waals surface area contributed by atoms with Gasteiger partial charge in [0.25, 0.3) is 11.6 Å². The van der Waals surface area contributed by atoms with Crippen molar-refractivity contribution in [2.75, 3.05) is 26.1 Å². The minimum atomic E-state index is -1.03. The highest BCUT2D eigenvalue weighted by molar-refractivity contribution is 5.98. The molecule has 27 heavy (non-hydrogen) atoms. The number of nitro benzene ring substituents is 1. The second-order valence-corrected chi connectivity index (χ2v) is 5.48. The van der Waals surface area contributed by atoms with E-state index in [0.29, 0.717) is 5.69 Å². The summed E-state index contributed by atoms with van der Waals surface area (Å²) >= 11 is 0. The molecule has 0 saturated heterocycles. The van der Waals surface area contributed by atoms with E-state index in [0.717, 1.165) is 17.7 Å². The fraction of sp³-hybridized carbons (Fsp3) is 0.222. The molecule has 0 saturated carbocycles. The average molecular weight is 374 g/mol. The minimum Gasteiger partial charge on any atom is -0.493 e. The van der Waals surface area contributed by atoms with Crippen LogP contribution < -0.4 is 14.8 Å². The fourth-order valence-corrected chi connectivity index (χ4v) is 2.31. The molecule has 2 rings (SSSR count). The number of methoxy groups -OCH3 is 2. The first-order valence-corrected chi connectivity index (χ1v) is 7.79. The summed E-state index contributed by atoms with van der Waals surface area (Å²) in [6, 6.07) is 9.26. The van der Waals surface area contributed by atoms with E-state index in [1.165, 1.54) is 14.2 Å². The van der Waals surface area contributed by atoms with Crippen molar-refractivity contribution < 1.29 is 28.7 Å². The Hall–Kier alpha value is -3.62. The Morgan fingerprint density at radius 1 is 1.11 bits per heavy atom. The Bertz CT molecular complexity index is 880. The van der Waals surface area contributed by atoms with Crippen molar-refractivity contribution in [1.82, 2.24) is 0 Å². The van der Waals surface area contributed by atoms with Crippen molar-refractivity contribution in [3.05, 3.63) is 57.6 Å². The number of esters is 1. The molecule has 142 valence electrons. The number of nitrogens with zero attached hydrogens (tertiary/aromatic N) is 1. The third-order valence-corrected chi connectivity index (χ3v) is 3.55. The van der Waals surface area contributed by atoms with Crippen LogP contribution >= 0.6 is 0 Å². The number of amides is 1. The molecule has 0 aliphatic heterocycles. The molecular formula is C18H18N2O7. The lowest BCUT2D eigenvalue weighted by Crippen LogP contribution is -2.21. The van der Waals surface area contributed by atoms with Crippen LogP contribution in [0.15, 0.2) is 36.4 Å². The summed E-state index contributed by atoms with van der Waals surface area (Å²) in [4.78, 5) is 34.7. The summed E-state index contributed by atoms with van der Waals surface area (Å²) in [7, 11) is 2.64. The zero-order valence-electron chi connectivity index (χ0n) is 15.0. The van der Waals surface area contributed by atoms with Crippen LogP contribution in [0.3, 0.4) is 0 Å². The highest BCUT2D eigenvalue weighted by Gasteiger charge is 2.26. The Morgan fingerprint density at radius 2 is 1.78 bits per heavy atom. The Labute approximate surface area is 155 Å². The van der Waals surface area contributed by atoms with Crippen molar-refractivity contribution in [2.24, 2.45) is 0 Å². The normalized spacial score (nSPS) is 10.0. The Morgan fingerprint density at radius 3 is 2.37 bits per heavy atom.